The number of ether oxygens (including phenoxy) is 1. The maximum atomic E-state index is 13.0. The van der Waals surface area contributed by atoms with Gasteiger partial charge in [0.05, 0.1) is 11.0 Å². The Balaban J connectivity index is 0.00000288. The van der Waals surface area contributed by atoms with Crippen LogP contribution in [-0.2, 0) is 4.79 Å². The molecule has 0 spiro atoms. The molecule has 1 atom stereocenters. The molecule has 0 saturated heterocycles. The topological polar surface area (TPSA) is 49.4 Å². The molecule has 1 aromatic rings. The fourth-order valence-electron chi connectivity index (χ4n) is 1.97. The zero-order valence-electron chi connectivity index (χ0n) is 13.2. The van der Waals surface area contributed by atoms with E-state index in [1.54, 1.807) is 0 Å². The van der Waals surface area contributed by atoms with Crippen LogP contribution in [0, 0.1) is 5.92 Å². The number of carboxylic acid groups (broad SMARTS) is 1. The van der Waals surface area contributed by atoms with Crippen molar-refractivity contribution in [1.82, 2.24) is 0 Å². The van der Waals surface area contributed by atoms with E-state index in [0.29, 0.717) is 15.8 Å². The molecule has 1 aliphatic heterocycles. The number of rotatable bonds is 4. The van der Waals surface area contributed by atoms with Crippen molar-refractivity contribution in [3.8, 4) is 5.75 Å². The second-order valence-electron chi connectivity index (χ2n) is 5.45. The maximum absolute atomic E-state index is 13.0. The molecule has 9 heteroatoms. The molecule has 0 fully saturated rings. The van der Waals surface area contributed by atoms with E-state index in [4.69, 9.17) is 16.3 Å². The molecule has 0 saturated carbocycles. The van der Waals surface area contributed by atoms with E-state index < -0.39 is 23.8 Å². The van der Waals surface area contributed by atoms with Gasteiger partial charge >= 0.3 is 35.7 Å². The zero-order valence-corrected chi connectivity index (χ0v) is 16.8. The summed E-state index contributed by atoms with van der Waals surface area (Å²) in [4.78, 5) is 11.5. The first-order valence-corrected chi connectivity index (χ1v) is 8.08. The van der Waals surface area contributed by atoms with Crippen molar-refractivity contribution in [2.45, 2.75) is 31.0 Å². The third kappa shape index (κ3) is 5.08. The number of halogens is 4. The van der Waals surface area contributed by atoms with Gasteiger partial charge in [0.25, 0.3) is 0 Å². The smallest absolute Gasteiger partial charge is 0.545 e. The largest absolute Gasteiger partial charge is 1.00 e. The number of thioether (sulfide) groups is 1. The second-order valence-corrected chi connectivity index (χ2v) is 6.92. The van der Waals surface area contributed by atoms with Crippen LogP contribution in [0.3, 0.4) is 0 Å². The molecule has 0 aliphatic carbocycles. The summed E-state index contributed by atoms with van der Waals surface area (Å²) in [6, 6.07) is 2.81. The number of aliphatic carboxylic acids is 1. The molecule has 0 unspecified atom stereocenters. The van der Waals surface area contributed by atoms with Crippen molar-refractivity contribution < 1.29 is 57.4 Å². The van der Waals surface area contributed by atoms with E-state index >= 15 is 0 Å². The van der Waals surface area contributed by atoms with Crippen LogP contribution in [-0.4, -0.2) is 24.0 Å². The molecule has 1 aliphatic rings. The Bertz CT molecular complexity index is 662. The fourth-order valence-corrected chi connectivity index (χ4v) is 3.21. The van der Waals surface area contributed by atoms with Gasteiger partial charge in [0.15, 0.2) is 0 Å². The van der Waals surface area contributed by atoms with Crippen molar-refractivity contribution in [1.29, 1.82) is 0 Å². The van der Waals surface area contributed by atoms with Gasteiger partial charge < -0.3 is 14.6 Å². The second kappa shape index (κ2) is 8.36. The third-order valence-corrected chi connectivity index (χ3v) is 4.91. The Kier molecular flexibility index (Phi) is 7.56. The van der Waals surface area contributed by atoms with Gasteiger partial charge in [0.1, 0.15) is 5.75 Å². The van der Waals surface area contributed by atoms with Crippen LogP contribution in [0.5, 0.6) is 5.75 Å². The first-order chi connectivity index (χ1) is 10.6. The molecular weight excluding hydrogens is 376 g/mol. The third-order valence-electron chi connectivity index (χ3n) is 3.01. The van der Waals surface area contributed by atoms with Crippen LogP contribution >= 0.6 is 23.4 Å². The number of carboxylic acids is 1. The summed E-state index contributed by atoms with van der Waals surface area (Å²) in [7, 11) is 0. The minimum atomic E-state index is -4.85. The SMILES string of the molecule is CC(C)CSc1cc2c(cc1Cl)C=C(C(=O)[O-])[C@H](C(F)(F)F)O2.[Na+]. The van der Waals surface area contributed by atoms with Gasteiger partial charge in [-0.2, -0.15) is 13.2 Å². The Morgan fingerprint density at radius 3 is 2.54 bits per heavy atom. The fraction of sp³-hybridized carbons (Fsp3) is 0.400. The summed E-state index contributed by atoms with van der Waals surface area (Å²) in [5, 5.41) is 11.3. The summed E-state index contributed by atoms with van der Waals surface area (Å²) < 4.78 is 43.9. The van der Waals surface area contributed by atoms with Crippen LogP contribution in [0.15, 0.2) is 22.6 Å². The van der Waals surface area contributed by atoms with E-state index in [9.17, 15) is 23.1 Å². The van der Waals surface area contributed by atoms with Crippen molar-refractivity contribution in [2.24, 2.45) is 5.92 Å². The number of carbonyl (C=O) groups excluding carboxylic acids is 1. The molecule has 126 valence electrons. The van der Waals surface area contributed by atoms with Crippen LogP contribution < -0.4 is 39.4 Å². The summed E-state index contributed by atoms with van der Waals surface area (Å²) in [6.45, 7) is 4.01. The average molecular weight is 389 g/mol. The molecule has 0 aromatic heterocycles. The number of benzene rings is 1. The number of hydrogen-bond donors (Lipinski definition) is 0. The van der Waals surface area contributed by atoms with Gasteiger partial charge in [-0.3, -0.25) is 0 Å². The van der Waals surface area contributed by atoms with Gasteiger partial charge in [-0.05, 0) is 24.1 Å². The van der Waals surface area contributed by atoms with Gasteiger partial charge in [0.2, 0.25) is 6.10 Å². The van der Waals surface area contributed by atoms with Gasteiger partial charge in [-0.1, -0.05) is 25.4 Å². The number of fused-ring (bicyclic) bond motifs is 1. The molecular formula is C15H13ClF3NaO3S. The Morgan fingerprint density at radius 1 is 1.42 bits per heavy atom. The van der Waals surface area contributed by atoms with Crippen molar-refractivity contribution in [3.05, 3.63) is 28.3 Å². The molecule has 1 heterocycles. The normalized spacial score (nSPS) is 16.8. The van der Waals surface area contributed by atoms with Crippen molar-refractivity contribution in [3.63, 3.8) is 0 Å². The predicted octanol–water partition coefficient (Wildman–Crippen LogP) is 0.549. The maximum Gasteiger partial charge on any atom is 1.00 e. The first-order valence-electron chi connectivity index (χ1n) is 6.72. The summed E-state index contributed by atoms with van der Waals surface area (Å²) in [6.07, 6.45) is -6.51. The van der Waals surface area contributed by atoms with E-state index in [1.165, 1.54) is 23.9 Å². The molecule has 2 rings (SSSR count). The first kappa shape index (κ1) is 21.7. The summed E-state index contributed by atoms with van der Waals surface area (Å²) >= 11 is 7.51. The van der Waals surface area contributed by atoms with Gasteiger partial charge in [0, 0.05) is 21.8 Å². The van der Waals surface area contributed by atoms with Gasteiger partial charge in [-0.25, -0.2) is 0 Å². The van der Waals surface area contributed by atoms with E-state index in [-0.39, 0.29) is 40.9 Å². The van der Waals surface area contributed by atoms with E-state index in [2.05, 4.69) is 0 Å². The Hall–Kier alpha value is -0.340. The van der Waals surface area contributed by atoms with Crippen LogP contribution in [0.4, 0.5) is 13.2 Å². The number of hydrogen-bond acceptors (Lipinski definition) is 4. The Labute approximate surface area is 168 Å². The predicted molar refractivity (Wildman–Crippen MR) is 80.5 cm³/mol. The van der Waals surface area contributed by atoms with Crippen LogP contribution in [0.25, 0.3) is 6.08 Å². The molecule has 24 heavy (non-hydrogen) atoms. The molecule has 0 N–H and O–H groups in total. The van der Waals surface area contributed by atoms with Crippen molar-refractivity contribution in [2.75, 3.05) is 5.75 Å². The Morgan fingerprint density at radius 2 is 2.04 bits per heavy atom. The van der Waals surface area contributed by atoms with Crippen molar-refractivity contribution >= 4 is 35.4 Å². The van der Waals surface area contributed by atoms with Crippen LogP contribution in [0.1, 0.15) is 19.4 Å². The summed E-state index contributed by atoms with van der Waals surface area (Å²) in [5.41, 5.74) is -0.785. The number of carbonyl (C=O) groups is 1. The molecule has 0 amide bonds. The minimum absolute atomic E-state index is 0. The molecule has 3 nitrogen and oxygen atoms in total. The average Bonchev–Trinajstić information content (AvgIpc) is 2.42. The van der Waals surface area contributed by atoms with Crippen LogP contribution in [0.2, 0.25) is 5.02 Å². The van der Waals surface area contributed by atoms with E-state index in [1.807, 2.05) is 13.8 Å². The standard InChI is InChI=1S/C15H14ClF3O3S.Na/c1-7(2)6-23-12-5-11-8(4-10(12)16)3-9(14(20)21)13(22-11)15(17,18)19;/h3-5,7,13H,6H2,1-2H3,(H,20,21);/q;+1/p-1/t13-;/m1./s1. The monoisotopic (exact) mass is 388 g/mol. The molecule has 1 aromatic carbocycles. The minimum Gasteiger partial charge on any atom is -0.545 e. The molecule has 0 bridgehead atoms. The molecule has 0 radical (unpaired) electrons. The summed E-state index contributed by atoms with van der Waals surface area (Å²) in [5.74, 6) is -0.859. The zero-order chi connectivity index (χ0) is 17.4. The van der Waals surface area contributed by atoms with Gasteiger partial charge in [-0.15, -0.1) is 11.8 Å². The quantitative estimate of drug-likeness (QED) is 0.558. The van der Waals surface area contributed by atoms with E-state index in [0.717, 1.165) is 11.8 Å². The number of alkyl halides is 3.